The number of carbonyl (C=O) groups is 2. The van der Waals surface area contributed by atoms with Crippen molar-refractivity contribution < 1.29 is 19.8 Å². The minimum atomic E-state index is -0.909. The summed E-state index contributed by atoms with van der Waals surface area (Å²) in [6.07, 6.45) is 9.80. The van der Waals surface area contributed by atoms with Crippen molar-refractivity contribution in [3.63, 3.8) is 0 Å². The molecule has 0 atom stereocenters. The second kappa shape index (κ2) is 15.4. The number of thiol groups is 2. The van der Waals surface area contributed by atoms with Gasteiger partial charge < -0.3 is 10.2 Å². The summed E-state index contributed by atoms with van der Waals surface area (Å²) < 4.78 is 0. The monoisotopic (exact) mass is 372 g/mol. The first-order chi connectivity index (χ1) is 11.5. The molecule has 1 aromatic carbocycles. The quantitative estimate of drug-likeness (QED) is 0.319. The standard InChI is InChI=1S/C11H22O2S.C7H6O2S/c12-11(13)9-7-5-3-1-2-4-6-8-10-14;8-7(9)5-1-3-6(10)4-2-5/h14H,1-10H2,(H,12,13);1-4,10H,(H,8,9). The van der Waals surface area contributed by atoms with Crippen LogP contribution in [0.1, 0.15) is 68.1 Å². The van der Waals surface area contributed by atoms with Gasteiger partial charge in [0.05, 0.1) is 5.56 Å². The van der Waals surface area contributed by atoms with Crippen molar-refractivity contribution in [3.8, 4) is 0 Å². The van der Waals surface area contributed by atoms with E-state index < -0.39 is 11.9 Å². The number of aromatic carboxylic acids is 1. The lowest BCUT2D eigenvalue weighted by Crippen LogP contribution is -1.94. The Balaban J connectivity index is 0.000000463. The summed E-state index contributed by atoms with van der Waals surface area (Å²) in [6.45, 7) is 0. The highest BCUT2D eigenvalue weighted by Gasteiger charge is 1.99. The number of hydrogen-bond donors (Lipinski definition) is 4. The summed E-state index contributed by atoms with van der Waals surface area (Å²) in [6, 6.07) is 6.33. The van der Waals surface area contributed by atoms with Crippen molar-refractivity contribution in [2.45, 2.75) is 62.7 Å². The summed E-state index contributed by atoms with van der Waals surface area (Å²) in [4.78, 5) is 21.3. The predicted molar refractivity (Wildman–Crippen MR) is 104 cm³/mol. The smallest absolute Gasteiger partial charge is 0.335 e. The van der Waals surface area contributed by atoms with E-state index in [0.29, 0.717) is 6.42 Å². The molecule has 1 rings (SSSR count). The molecule has 0 radical (unpaired) electrons. The third-order valence-electron chi connectivity index (χ3n) is 3.41. The van der Waals surface area contributed by atoms with Crippen LogP contribution in [0.5, 0.6) is 0 Å². The molecule has 0 saturated carbocycles. The Kier molecular flexibility index (Phi) is 14.7. The number of carboxylic acids is 2. The van der Waals surface area contributed by atoms with Gasteiger partial charge in [0.2, 0.25) is 0 Å². The molecule has 6 heteroatoms. The van der Waals surface area contributed by atoms with Crippen LogP contribution in [0.4, 0.5) is 0 Å². The lowest BCUT2D eigenvalue weighted by atomic mass is 10.1. The van der Waals surface area contributed by atoms with Gasteiger partial charge in [-0.2, -0.15) is 12.6 Å². The van der Waals surface area contributed by atoms with Crippen LogP contribution in [0.15, 0.2) is 29.2 Å². The Morgan fingerprint density at radius 1 is 0.792 bits per heavy atom. The van der Waals surface area contributed by atoms with Gasteiger partial charge >= 0.3 is 11.9 Å². The second-order valence-corrected chi connectivity index (χ2v) is 6.51. The third kappa shape index (κ3) is 14.5. The zero-order valence-electron chi connectivity index (χ0n) is 14.0. The molecule has 0 amide bonds. The Hall–Kier alpha value is -1.14. The summed E-state index contributed by atoms with van der Waals surface area (Å²) in [5.41, 5.74) is 0.290. The van der Waals surface area contributed by atoms with Crippen LogP contribution in [-0.2, 0) is 4.79 Å². The molecule has 0 aromatic heterocycles. The number of carboxylic acid groups (broad SMARTS) is 2. The molecule has 0 heterocycles. The van der Waals surface area contributed by atoms with E-state index in [4.69, 9.17) is 10.2 Å². The zero-order chi connectivity index (χ0) is 18.2. The Morgan fingerprint density at radius 2 is 1.25 bits per heavy atom. The number of aliphatic carboxylic acids is 1. The van der Waals surface area contributed by atoms with Crippen LogP contribution < -0.4 is 0 Å². The van der Waals surface area contributed by atoms with Crippen LogP contribution in [0.3, 0.4) is 0 Å². The van der Waals surface area contributed by atoms with E-state index in [2.05, 4.69) is 25.3 Å². The SMILES string of the molecule is O=C(O)CCCCCCCCCCS.O=C(O)c1ccc(S)cc1. The molecule has 0 spiro atoms. The van der Waals surface area contributed by atoms with Gasteiger partial charge in [0.15, 0.2) is 0 Å². The zero-order valence-corrected chi connectivity index (χ0v) is 15.8. The maximum absolute atomic E-state index is 10.3. The van der Waals surface area contributed by atoms with Gasteiger partial charge in [0.1, 0.15) is 0 Å². The van der Waals surface area contributed by atoms with E-state index in [0.717, 1.165) is 23.5 Å². The molecule has 2 N–H and O–H groups in total. The molecule has 0 bridgehead atoms. The maximum atomic E-state index is 10.3. The highest BCUT2D eigenvalue weighted by atomic mass is 32.1. The van der Waals surface area contributed by atoms with E-state index in [1.54, 1.807) is 12.1 Å². The fourth-order valence-corrected chi connectivity index (χ4v) is 2.43. The fraction of sp³-hybridized carbons (Fsp3) is 0.556. The Labute approximate surface area is 155 Å². The van der Waals surface area contributed by atoms with Crippen molar-refractivity contribution in [1.82, 2.24) is 0 Å². The van der Waals surface area contributed by atoms with Crippen LogP contribution >= 0.6 is 25.3 Å². The highest BCUT2D eigenvalue weighted by Crippen LogP contribution is 2.10. The molecular weight excluding hydrogens is 344 g/mol. The minimum absolute atomic E-state index is 0.290. The molecular formula is C18H28O4S2. The predicted octanol–water partition coefficient (Wildman–Crippen LogP) is 5.19. The van der Waals surface area contributed by atoms with Crippen molar-refractivity contribution in [2.24, 2.45) is 0 Å². The van der Waals surface area contributed by atoms with E-state index in [1.807, 2.05) is 0 Å². The Morgan fingerprint density at radius 3 is 1.67 bits per heavy atom. The van der Waals surface area contributed by atoms with Crippen molar-refractivity contribution >= 4 is 37.2 Å². The van der Waals surface area contributed by atoms with Gasteiger partial charge in [-0.3, -0.25) is 4.79 Å². The van der Waals surface area contributed by atoms with Gasteiger partial charge in [-0.05, 0) is 42.9 Å². The molecule has 136 valence electrons. The van der Waals surface area contributed by atoms with Crippen LogP contribution in [0, 0.1) is 0 Å². The summed E-state index contributed by atoms with van der Waals surface area (Å²) >= 11 is 8.16. The van der Waals surface area contributed by atoms with Gasteiger partial charge in [-0.1, -0.05) is 38.5 Å². The maximum Gasteiger partial charge on any atom is 0.335 e. The van der Waals surface area contributed by atoms with Crippen molar-refractivity contribution in [2.75, 3.05) is 5.75 Å². The van der Waals surface area contributed by atoms with E-state index in [9.17, 15) is 9.59 Å². The minimum Gasteiger partial charge on any atom is -0.481 e. The average molecular weight is 373 g/mol. The summed E-state index contributed by atoms with van der Waals surface area (Å²) in [7, 11) is 0. The lowest BCUT2D eigenvalue weighted by Gasteiger charge is -2.00. The van der Waals surface area contributed by atoms with Crippen LogP contribution in [0.25, 0.3) is 0 Å². The lowest BCUT2D eigenvalue weighted by molar-refractivity contribution is -0.137. The number of hydrogen-bond acceptors (Lipinski definition) is 4. The van der Waals surface area contributed by atoms with Crippen LogP contribution in [0.2, 0.25) is 0 Å². The average Bonchev–Trinajstić information content (AvgIpc) is 2.54. The van der Waals surface area contributed by atoms with Crippen molar-refractivity contribution in [3.05, 3.63) is 29.8 Å². The largest absolute Gasteiger partial charge is 0.481 e. The Bertz CT molecular complexity index is 461. The summed E-state index contributed by atoms with van der Waals surface area (Å²) in [5.74, 6) is -0.578. The topological polar surface area (TPSA) is 74.6 Å². The molecule has 0 aliphatic rings. The van der Waals surface area contributed by atoms with Gasteiger partial charge in [0, 0.05) is 11.3 Å². The third-order valence-corrected chi connectivity index (χ3v) is 4.03. The van der Waals surface area contributed by atoms with Crippen molar-refractivity contribution in [1.29, 1.82) is 0 Å². The highest BCUT2D eigenvalue weighted by molar-refractivity contribution is 7.80. The number of benzene rings is 1. The molecule has 0 aliphatic carbocycles. The van der Waals surface area contributed by atoms with E-state index >= 15 is 0 Å². The first-order valence-electron chi connectivity index (χ1n) is 8.32. The van der Waals surface area contributed by atoms with E-state index in [1.165, 1.54) is 50.7 Å². The molecule has 24 heavy (non-hydrogen) atoms. The number of rotatable bonds is 11. The first-order valence-corrected chi connectivity index (χ1v) is 9.40. The molecule has 4 nitrogen and oxygen atoms in total. The van der Waals surface area contributed by atoms with Gasteiger partial charge in [-0.15, -0.1) is 12.6 Å². The summed E-state index contributed by atoms with van der Waals surface area (Å²) in [5, 5.41) is 16.9. The normalized spacial score (nSPS) is 9.92. The molecule has 0 unspecified atom stereocenters. The van der Waals surface area contributed by atoms with Crippen LogP contribution in [-0.4, -0.2) is 27.9 Å². The number of unbranched alkanes of at least 4 members (excludes halogenated alkanes) is 7. The molecule has 0 fully saturated rings. The molecule has 1 aromatic rings. The van der Waals surface area contributed by atoms with Gasteiger partial charge in [0.25, 0.3) is 0 Å². The first kappa shape index (κ1) is 22.9. The second-order valence-electron chi connectivity index (χ2n) is 5.55. The van der Waals surface area contributed by atoms with Gasteiger partial charge in [-0.25, -0.2) is 4.79 Å². The van der Waals surface area contributed by atoms with E-state index in [-0.39, 0.29) is 5.56 Å². The molecule has 0 aliphatic heterocycles. The fourth-order valence-electron chi connectivity index (χ4n) is 2.05. The molecule has 0 saturated heterocycles.